The van der Waals surface area contributed by atoms with Crippen LogP contribution in [0.1, 0.15) is 25.0 Å². The molecule has 0 bridgehead atoms. The maximum atomic E-state index is 5.44. The Morgan fingerprint density at radius 3 is 2.17 bits per heavy atom. The van der Waals surface area contributed by atoms with Gasteiger partial charge in [0.05, 0.1) is 26.9 Å². The highest BCUT2D eigenvalue weighted by atomic mass is 16.5. The number of nitrogens with one attached hydrogen (secondary N) is 2. The van der Waals surface area contributed by atoms with Gasteiger partial charge >= 0.3 is 0 Å². The van der Waals surface area contributed by atoms with E-state index in [1.807, 2.05) is 12.1 Å². The van der Waals surface area contributed by atoms with Crippen LogP contribution in [0.25, 0.3) is 11.4 Å². The summed E-state index contributed by atoms with van der Waals surface area (Å²) < 4.78 is 16.3. The molecule has 0 atom stereocenters. The summed E-state index contributed by atoms with van der Waals surface area (Å²) in [6, 6.07) is 13.7. The second kappa shape index (κ2) is 11.4. The predicted octanol–water partition coefficient (Wildman–Crippen LogP) is 5.57. The third-order valence-corrected chi connectivity index (χ3v) is 5.77. The zero-order valence-corrected chi connectivity index (χ0v) is 21.1. The van der Waals surface area contributed by atoms with E-state index in [1.54, 1.807) is 39.7 Å². The summed E-state index contributed by atoms with van der Waals surface area (Å²) in [7, 11) is 4.70. The van der Waals surface area contributed by atoms with E-state index in [1.165, 1.54) is 17.5 Å². The molecule has 0 fully saturated rings. The third kappa shape index (κ3) is 5.30. The largest absolute Gasteiger partial charge is 0.493 e. The van der Waals surface area contributed by atoms with Crippen molar-refractivity contribution in [3.63, 3.8) is 0 Å². The second-order valence-electron chi connectivity index (χ2n) is 7.89. The lowest BCUT2D eigenvalue weighted by Crippen LogP contribution is -2.04. The first-order chi connectivity index (χ1) is 17.6. The van der Waals surface area contributed by atoms with Crippen LogP contribution in [-0.4, -0.2) is 41.3 Å². The first-order valence-corrected chi connectivity index (χ1v) is 11.7. The van der Waals surface area contributed by atoms with E-state index in [4.69, 9.17) is 14.2 Å². The van der Waals surface area contributed by atoms with E-state index in [9.17, 15) is 0 Å². The summed E-state index contributed by atoms with van der Waals surface area (Å²) in [5.41, 5.74) is 5.06. The van der Waals surface area contributed by atoms with Gasteiger partial charge in [0, 0.05) is 29.7 Å². The van der Waals surface area contributed by atoms with Crippen molar-refractivity contribution in [3.8, 4) is 28.6 Å². The van der Waals surface area contributed by atoms with Gasteiger partial charge in [-0.1, -0.05) is 19.9 Å². The van der Waals surface area contributed by atoms with Crippen LogP contribution in [-0.2, 0) is 12.8 Å². The summed E-state index contributed by atoms with van der Waals surface area (Å²) in [6.07, 6.45) is 5.18. The van der Waals surface area contributed by atoms with Crippen molar-refractivity contribution < 1.29 is 14.2 Å². The van der Waals surface area contributed by atoms with Gasteiger partial charge in [0.1, 0.15) is 12.1 Å². The summed E-state index contributed by atoms with van der Waals surface area (Å²) in [6.45, 7) is 4.33. The van der Waals surface area contributed by atoms with Crippen LogP contribution in [0.5, 0.6) is 17.2 Å². The van der Waals surface area contributed by atoms with Gasteiger partial charge in [-0.3, -0.25) is 0 Å². The van der Waals surface area contributed by atoms with E-state index in [-0.39, 0.29) is 0 Å². The van der Waals surface area contributed by atoms with Gasteiger partial charge in [0.25, 0.3) is 0 Å². The number of hydrogen-bond acceptors (Lipinski definition) is 9. The molecule has 0 spiro atoms. The molecule has 0 aliphatic heterocycles. The third-order valence-electron chi connectivity index (χ3n) is 5.77. The van der Waals surface area contributed by atoms with Crippen LogP contribution >= 0.6 is 0 Å². The van der Waals surface area contributed by atoms with Gasteiger partial charge in [-0.15, -0.1) is 0 Å². The monoisotopic (exact) mass is 486 g/mol. The van der Waals surface area contributed by atoms with Crippen molar-refractivity contribution in [2.75, 3.05) is 32.0 Å². The molecule has 9 nitrogen and oxygen atoms in total. The zero-order valence-electron chi connectivity index (χ0n) is 21.1. The fourth-order valence-electron chi connectivity index (χ4n) is 3.97. The molecule has 0 radical (unpaired) electrons. The van der Waals surface area contributed by atoms with Crippen LogP contribution < -0.4 is 24.8 Å². The van der Waals surface area contributed by atoms with E-state index >= 15 is 0 Å². The van der Waals surface area contributed by atoms with Gasteiger partial charge in [-0.25, -0.2) is 15.0 Å². The van der Waals surface area contributed by atoms with Crippen LogP contribution in [0.3, 0.4) is 0 Å². The molecule has 0 amide bonds. The molecule has 0 unspecified atom stereocenters. The number of aryl methyl sites for hydroxylation is 2. The van der Waals surface area contributed by atoms with Crippen LogP contribution in [0.4, 0.5) is 23.1 Å². The number of anilines is 4. The van der Waals surface area contributed by atoms with Crippen molar-refractivity contribution >= 4 is 23.1 Å². The highest BCUT2D eigenvalue weighted by Gasteiger charge is 2.15. The molecular weight excluding hydrogens is 456 g/mol. The second-order valence-corrected chi connectivity index (χ2v) is 7.89. The molecule has 4 rings (SSSR count). The molecule has 36 heavy (non-hydrogen) atoms. The highest BCUT2D eigenvalue weighted by Crippen LogP contribution is 2.40. The normalized spacial score (nSPS) is 10.6. The quantitative estimate of drug-likeness (QED) is 0.298. The Balaban J connectivity index is 1.64. The Morgan fingerprint density at radius 2 is 1.50 bits per heavy atom. The van der Waals surface area contributed by atoms with Gasteiger partial charge in [0.2, 0.25) is 11.7 Å². The fraction of sp³-hybridized carbons (Fsp3) is 0.259. The zero-order chi connectivity index (χ0) is 25.5. The average Bonchev–Trinajstić information content (AvgIpc) is 2.92. The van der Waals surface area contributed by atoms with Gasteiger partial charge in [-0.2, -0.15) is 4.98 Å². The van der Waals surface area contributed by atoms with Crippen LogP contribution in [0, 0.1) is 0 Å². The number of benzene rings is 2. The summed E-state index contributed by atoms with van der Waals surface area (Å²) in [5.74, 6) is 3.06. The molecule has 0 saturated carbocycles. The standard InChI is InChI=1S/C27H30N6O3/c1-6-17-10-11-19(13-18(17)7-2)31-25-21(9-8-12-28-25)26-29-16-30-27(33-26)32-20-14-22(34-3)24(36-5)23(15-20)35-4/h8-16H,6-7H2,1-5H3,(H,28,31)(H,29,30,32,33). The Labute approximate surface area is 210 Å². The molecule has 0 aliphatic rings. The molecule has 2 heterocycles. The van der Waals surface area contributed by atoms with Crippen LogP contribution in [0.15, 0.2) is 55.0 Å². The number of pyridine rings is 1. The lowest BCUT2D eigenvalue weighted by molar-refractivity contribution is 0.324. The van der Waals surface area contributed by atoms with Gasteiger partial charge in [0.15, 0.2) is 17.3 Å². The number of rotatable bonds is 10. The molecular formula is C27H30N6O3. The molecule has 9 heteroatoms. The SMILES string of the molecule is CCc1ccc(Nc2ncccc2-c2ncnc(Nc3cc(OC)c(OC)c(OC)c3)n2)cc1CC. The minimum Gasteiger partial charge on any atom is -0.493 e. The van der Waals surface area contributed by atoms with E-state index in [0.717, 1.165) is 24.1 Å². The summed E-state index contributed by atoms with van der Waals surface area (Å²) in [5, 5.41) is 6.62. The lowest BCUT2D eigenvalue weighted by Gasteiger charge is -2.15. The molecule has 4 aromatic rings. The van der Waals surface area contributed by atoms with Gasteiger partial charge < -0.3 is 24.8 Å². The van der Waals surface area contributed by atoms with E-state index < -0.39 is 0 Å². The first-order valence-electron chi connectivity index (χ1n) is 11.7. The number of aromatic nitrogens is 4. The van der Waals surface area contributed by atoms with Crippen molar-refractivity contribution in [1.82, 2.24) is 19.9 Å². The Hall–Kier alpha value is -4.40. The minimum atomic E-state index is 0.365. The smallest absolute Gasteiger partial charge is 0.230 e. The maximum Gasteiger partial charge on any atom is 0.230 e. The fourth-order valence-corrected chi connectivity index (χ4v) is 3.97. The Morgan fingerprint density at radius 1 is 0.750 bits per heavy atom. The lowest BCUT2D eigenvalue weighted by atomic mass is 10.0. The predicted molar refractivity (Wildman–Crippen MR) is 141 cm³/mol. The maximum absolute atomic E-state index is 5.44. The number of nitrogens with zero attached hydrogens (tertiary/aromatic N) is 4. The van der Waals surface area contributed by atoms with Crippen LogP contribution in [0.2, 0.25) is 0 Å². The van der Waals surface area contributed by atoms with Crippen molar-refractivity contribution in [2.24, 2.45) is 0 Å². The van der Waals surface area contributed by atoms with Crippen molar-refractivity contribution in [2.45, 2.75) is 26.7 Å². The van der Waals surface area contributed by atoms with Crippen molar-refractivity contribution in [1.29, 1.82) is 0 Å². The molecule has 0 saturated heterocycles. The minimum absolute atomic E-state index is 0.365. The molecule has 2 N–H and O–H groups in total. The van der Waals surface area contributed by atoms with Crippen molar-refractivity contribution in [3.05, 3.63) is 66.1 Å². The summed E-state index contributed by atoms with van der Waals surface area (Å²) in [4.78, 5) is 17.9. The van der Waals surface area contributed by atoms with Gasteiger partial charge in [-0.05, 0) is 48.2 Å². The number of hydrogen-bond donors (Lipinski definition) is 2. The number of methoxy groups -OCH3 is 3. The average molecular weight is 487 g/mol. The molecule has 186 valence electrons. The van der Waals surface area contributed by atoms with E-state index in [0.29, 0.717) is 40.5 Å². The molecule has 2 aromatic carbocycles. The Kier molecular flexibility index (Phi) is 7.79. The molecule has 2 aromatic heterocycles. The van der Waals surface area contributed by atoms with E-state index in [2.05, 4.69) is 62.6 Å². The first kappa shape index (κ1) is 24.7. The molecule has 0 aliphatic carbocycles. The topological polar surface area (TPSA) is 103 Å². The Bertz CT molecular complexity index is 1320. The summed E-state index contributed by atoms with van der Waals surface area (Å²) >= 11 is 0. The highest BCUT2D eigenvalue weighted by molar-refractivity contribution is 5.75. The number of ether oxygens (including phenoxy) is 3.